The molecule has 0 saturated heterocycles. The topological polar surface area (TPSA) is 81.9 Å². The Kier molecular flexibility index (Phi) is 4.80. The highest BCUT2D eigenvalue weighted by Gasteiger charge is 2.31. The van der Waals surface area contributed by atoms with Crippen LogP contribution in [0.3, 0.4) is 0 Å². The highest BCUT2D eigenvalue weighted by Crippen LogP contribution is 2.21. The summed E-state index contributed by atoms with van der Waals surface area (Å²) >= 11 is 0. The van der Waals surface area contributed by atoms with Gasteiger partial charge in [-0.25, -0.2) is 4.79 Å². The van der Waals surface area contributed by atoms with Crippen LogP contribution in [0.25, 0.3) is 0 Å². The molecule has 1 atom stereocenters. The number of hydrogen-bond donors (Lipinski definition) is 1. The minimum absolute atomic E-state index is 0.318. The largest absolute Gasteiger partial charge is 0.465 e. The molecule has 19 heavy (non-hydrogen) atoms. The third-order valence-corrected chi connectivity index (χ3v) is 2.57. The predicted octanol–water partition coefficient (Wildman–Crippen LogP) is 1.61. The molecule has 1 rings (SSSR count). The van der Waals surface area contributed by atoms with E-state index in [0.29, 0.717) is 25.3 Å². The lowest BCUT2D eigenvalue weighted by Crippen LogP contribution is -2.40. The van der Waals surface area contributed by atoms with Crippen LogP contribution >= 0.6 is 0 Å². The van der Waals surface area contributed by atoms with E-state index in [1.165, 1.54) is 11.1 Å². The van der Waals surface area contributed by atoms with Gasteiger partial charge in [0.25, 0.3) is 0 Å². The first-order chi connectivity index (χ1) is 8.74. The van der Waals surface area contributed by atoms with Crippen molar-refractivity contribution in [2.45, 2.75) is 39.7 Å². The van der Waals surface area contributed by atoms with Crippen LogP contribution in [0.4, 0.5) is 4.79 Å². The van der Waals surface area contributed by atoms with Gasteiger partial charge in [-0.1, -0.05) is 0 Å². The second-order valence-electron chi connectivity index (χ2n) is 5.40. The lowest BCUT2D eigenvalue weighted by molar-refractivity contribution is -0.147. The van der Waals surface area contributed by atoms with Crippen LogP contribution in [0.2, 0.25) is 0 Å². The molecule has 1 aliphatic heterocycles. The van der Waals surface area contributed by atoms with Crippen molar-refractivity contribution < 1.29 is 19.1 Å². The van der Waals surface area contributed by atoms with Gasteiger partial charge in [-0.05, 0) is 34.1 Å². The van der Waals surface area contributed by atoms with Crippen molar-refractivity contribution in [3.05, 3.63) is 11.9 Å². The Balaban J connectivity index is 2.69. The zero-order chi connectivity index (χ0) is 14.6. The summed E-state index contributed by atoms with van der Waals surface area (Å²) < 4.78 is 10.2. The predicted molar refractivity (Wildman–Crippen MR) is 70.0 cm³/mol. The molecule has 1 unspecified atom stereocenters. The number of nitrogens with zero attached hydrogens (tertiary/aromatic N) is 1. The van der Waals surface area contributed by atoms with Crippen LogP contribution in [0.1, 0.15) is 34.1 Å². The van der Waals surface area contributed by atoms with Crippen molar-refractivity contribution in [1.29, 1.82) is 0 Å². The van der Waals surface area contributed by atoms with Gasteiger partial charge >= 0.3 is 12.1 Å². The lowest BCUT2D eigenvalue weighted by atomic mass is 9.99. The summed E-state index contributed by atoms with van der Waals surface area (Å²) in [5.41, 5.74) is 5.58. The van der Waals surface area contributed by atoms with Crippen LogP contribution in [0.15, 0.2) is 11.9 Å². The zero-order valence-electron chi connectivity index (χ0n) is 11.9. The van der Waals surface area contributed by atoms with E-state index in [1.807, 2.05) is 0 Å². The maximum atomic E-state index is 11.8. The van der Waals surface area contributed by atoms with E-state index in [0.717, 1.165) is 0 Å². The number of amides is 1. The van der Waals surface area contributed by atoms with Crippen LogP contribution in [-0.2, 0) is 14.3 Å². The van der Waals surface area contributed by atoms with Crippen molar-refractivity contribution in [3.63, 3.8) is 0 Å². The fourth-order valence-corrected chi connectivity index (χ4v) is 1.73. The van der Waals surface area contributed by atoms with E-state index in [-0.39, 0.29) is 5.97 Å². The van der Waals surface area contributed by atoms with Gasteiger partial charge in [0.1, 0.15) is 5.60 Å². The number of hydrogen-bond acceptors (Lipinski definition) is 5. The fourth-order valence-electron chi connectivity index (χ4n) is 1.73. The number of ether oxygens (including phenoxy) is 2. The summed E-state index contributed by atoms with van der Waals surface area (Å²) in [6.07, 6.45) is 1.44. The molecule has 6 heteroatoms. The van der Waals surface area contributed by atoms with Crippen LogP contribution in [0, 0.1) is 5.92 Å². The first-order valence-corrected chi connectivity index (χ1v) is 6.38. The van der Waals surface area contributed by atoms with Gasteiger partial charge in [-0.3, -0.25) is 9.69 Å². The van der Waals surface area contributed by atoms with Crippen molar-refractivity contribution in [3.8, 4) is 0 Å². The summed E-state index contributed by atoms with van der Waals surface area (Å²) in [6.45, 7) is 7.83. The van der Waals surface area contributed by atoms with Gasteiger partial charge in [0.2, 0.25) is 0 Å². The first kappa shape index (κ1) is 15.3. The molecule has 0 saturated carbocycles. The Labute approximate surface area is 113 Å². The first-order valence-electron chi connectivity index (χ1n) is 6.38. The standard InChI is InChI=1S/C13H22N2O4/c1-5-18-11(16)9-6-7-15(8-10(9)14)12(17)19-13(2,3)4/h8-9H,5-7,14H2,1-4H3. The second kappa shape index (κ2) is 5.95. The molecule has 6 nitrogen and oxygen atoms in total. The minimum atomic E-state index is -0.558. The Hall–Kier alpha value is -1.72. The second-order valence-corrected chi connectivity index (χ2v) is 5.40. The van der Waals surface area contributed by atoms with E-state index in [9.17, 15) is 9.59 Å². The van der Waals surface area contributed by atoms with E-state index in [1.54, 1.807) is 27.7 Å². The quantitative estimate of drug-likeness (QED) is 0.771. The number of carbonyl (C=O) groups excluding carboxylic acids is 2. The molecule has 1 aliphatic rings. The normalized spacial score (nSPS) is 19.7. The third-order valence-electron chi connectivity index (χ3n) is 2.57. The number of esters is 1. The number of carbonyl (C=O) groups is 2. The molecular formula is C13H22N2O4. The van der Waals surface area contributed by atoms with Crippen molar-refractivity contribution in [2.75, 3.05) is 13.2 Å². The molecule has 0 aromatic rings. The Morgan fingerprint density at radius 3 is 2.58 bits per heavy atom. The van der Waals surface area contributed by atoms with E-state index >= 15 is 0 Å². The molecule has 0 radical (unpaired) electrons. The van der Waals surface area contributed by atoms with Gasteiger partial charge in [-0.2, -0.15) is 0 Å². The van der Waals surface area contributed by atoms with Crippen LogP contribution < -0.4 is 5.73 Å². The fraction of sp³-hybridized carbons (Fsp3) is 0.692. The molecule has 0 spiro atoms. The SMILES string of the molecule is CCOC(=O)C1CCN(C(=O)OC(C)(C)C)C=C1N. The summed E-state index contributed by atoms with van der Waals surface area (Å²) in [6, 6.07) is 0. The summed E-state index contributed by atoms with van der Waals surface area (Å²) in [5.74, 6) is -0.821. The summed E-state index contributed by atoms with van der Waals surface area (Å²) in [5, 5.41) is 0. The highest BCUT2D eigenvalue weighted by molar-refractivity contribution is 5.77. The Bertz CT molecular complexity index is 385. The summed E-state index contributed by atoms with van der Waals surface area (Å²) in [7, 11) is 0. The lowest BCUT2D eigenvalue weighted by Gasteiger charge is -2.30. The van der Waals surface area contributed by atoms with Crippen LogP contribution in [-0.4, -0.2) is 35.7 Å². The van der Waals surface area contributed by atoms with E-state index in [4.69, 9.17) is 15.2 Å². The van der Waals surface area contributed by atoms with Gasteiger partial charge in [-0.15, -0.1) is 0 Å². The molecular weight excluding hydrogens is 248 g/mol. The van der Waals surface area contributed by atoms with E-state index < -0.39 is 17.6 Å². The minimum Gasteiger partial charge on any atom is -0.465 e. The Morgan fingerprint density at radius 1 is 1.47 bits per heavy atom. The molecule has 2 N–H and O–H groups in total. The monoisotopic (exact) mass is 270 g/mol. The molecule has 0 bridgehead atoms. The number of nitrogens with two attached hydrogens (primary N) is 1. The van der Waals surface area contributed by atoms with Crippen molar-refractivity contribution >= 4 is 12.1 Å². The molecule has 1 amide bonds. The van der Waals surface area contributed by atoms with Gasteiger partial charge in [0.05, 0.1) is 12.5 Å². The zero-order valence-corrected chi connectivity index (χ0v) is 11.9. The molecule has 0 fully saturated rings. The highest BCUT2D eigenvalue weighted by atomic mass is 16.6. The maximum absolute atomic E-state index is 11.8. The third kappa shape index (κ3) is 4.46. The Morgan fingerprint density at radius 2 is 2.11 bits per heavy atom. The van der Waals surface area contributed by atoms with E-state index in [2.05, 4.69) is 0 Å². The van der Waals surface area contributed by atoms with Gasteiger partial charge in [0, 0.05) is 18.4 Å². The maximum Gasteiger partial charge on any atom is 0.414 e. The van der Waals surface area contributed by atoms with Crippen molar-refractivity contribution in [2.24, 2.45) is 11.7 Å². The molecule has 108 valence electrons. The van der Waals surface area contributed by atoms with Crippen molar-refractivity contribution in [1.82, 2.24) is 4.90 Å². The van der Waals surface area contributed by atoms with Crippen LogP contribution in [0.5, 0.6) is 0 Å². The van der Waals surface area contributed by atoms with Gasteiger partial charge < -0.3 is 15.2 Å². The molecule has 0 aromatic carbocycles. The average molecular weight is 270 g/mol. The number of rotatable bonds is 2. The summed E-state index contributed by atoms with van der Waals surface area (Å²) in [4.78, 5) is 24.9. The molecule has 1 heterocycles. The molecule has 0 aromatic heterocycles. The molecule has 0 aliphatic carbocycles. The smallest absolute Gasteiger partial charge is 0.414 e. The average Bonchev–Trinajstić information content (AvgIpc) is 2.26. The van der Waals surface area contributed by atoms with Gasteiger partial charge in [0.15, 0.2) is 0 Å².